The smallest absolute Gasteiger partial charge is 0.123 e. The molecule has 0 saturated heterocycles. The number of nitrogens with zero attached hydrogens (tertiary/aromatic N) is 2. The minimum Gasteiger partial charge on any atom is -0.333 e. The molecule has 3 nitrogen and oxygen atoms in total. The number of rotatable bonds is 5. The first kappa shape index (κ1) is 14.7. The molecule has 0 bridgehead atoms. The lowest BCUT2D eigenvalue weighted by Crippen LogP contribution is -2.35. The van der Waals surface area contributed by atoms with Crippen LogP contribution in [0.5, 0.6) is 0 Å². The molecule has 0 aliphatic rings. The Kier molecular flexibility index (Phi) is 4.55. The maximum Gasteiger partial charge on any atom is 0.123 e. The summed E-state index contributed by atoms with van der Waals surface area (Å²) in [5, 5.41) is 3.46. The zero-order chi connectivity index (χ0) is 14.6. The van der Waals surface area contributed by atoms with Crippen molar-refractivity contribution in [2.45, 2.75) is 45.8 Å². The molecular formula is C16H22FN3. The molecule has 0 amide bonds. The Labute approximate surface area is 119 Å². The number of aromatic nitrogens is 2. The summed E-state index contributed by atoms with van der Waals surface area (Å²) in [5.74, 6) is -0.188. The van der Waals surface area contributed by atoms with Gasteiger partial charge in [0.15, 0.2) is 0 Å². The van der Waals surface area contributed by atoms with Crippen LogP contribution in [0.25, 0.3) is 0 Å². The van der Waals surface area contributed by atoms with Gasteiger partial charge in [-0.05, 0) is 44.9 Å². The van der Waals surface area contributed by atoms with Gasteiger partial charge in [-0.2, -0.15) is 0 Å². The van der Waals surface area contributed by atoms with E-state index in [0.717, 1.165) is 25.1 Å². The number of halogens is 1. The molecule has 2 aromatic rings. The molecule has 0 aliphatic carbocycles. The lowest BCUT2D eigenvalue weighted by atomic mass is 10.1. The Morgan fingerprint density at radius 1 is 1.20 bits per heavy atom. The van der Waals surface area contributed by atoms with Crippen LogP contribution in [0.15, 0.2) is 36.8 Å². The van der Waals surface area contributed by atoms with E-state index in [4.69, 9.17) is 0 Å². The zero-order valence-electron chi connectivity index (χ0n) is 12.4. The summed E-state index contributed by atoms with van der Waals surface area (Å²) in [7, 11) is 0. The third kappa shape index (κ3) is 4.46. The molecule has 0 radical (unpaired) electrons. The Morgan fingerprint density at radius 3 is 2.55 bits per heavy atom. The summed E-state index contributed by atoms with van der Waals surface area (Å²) < 4.78 is 15.0. The van der Waals surface area contributed by atoms with E-state index in [1.54, 1.807) is 0 Å². The van der Waals surface area contributed by atoms with Crippen LogP contribution in [0.3, 0.4) is 0 Å². The minimum atomic E-state index is -0.188. The SMILES string of the molecule is CC(C)(C)NCc1cncn1CCc1ccc(F)cc1. The van der Waals surface area contributed by atoms with Gasteiger partial charge in [0.1, 0.15) is 5.82 Å². The van der Waals surface area contributed by atoms with Crippen LogP contribution in [0.4, 0.5) is 4.39 Å². The van der Waals surface area contributed by atoms with E-state index in [1.165, 1.54) is 17.8 Å². The average molecular weight is 275 g/mol. The highest BCUT2D eigenvalue weighted by Gasteiger charge is 2.10. The number of hydrogen-bond donors (Lipinski definition) is 1. The quantitative estimate of drug-likeness (QED) is 0.908. The molecule has 20 heavy (non-hydrogen) atoms. The molecule has 4 heteroatoms. The molecule has 0 aliphatic heterocycles. The predicted octanol–water partition coefficient (Wildman–Crippen LogP) is 3.15. The first-order chi connectivity index (χ1) is 9.44. The number of aryl methyl sites for hydroxylation is 2. The van der Waals surface area contributed by atoms with E-state index in [1.807, 2.05) is 24.7 Å². The van der Waals surface area contributed by atoms with Crippen LogP contribution in [0.2, 0.25) is 0 Å². The summed E-state index contributed by atoms with van der Waals surface area (Å²) in [5.41, 5.74) is 2.39. The fourth-order valence-electron chi connectivity index (χ4n) is 1.95. The molecule has 0 atom stereocenters. The van der Waals surface area contributed by atoms with Crippen molar-refractivity contribution in [1.82, 2.24) is 14.9 Å². The molecule has 1 aromatic heterocycles. The van der Waals surface area contributed by atoms with Crippen molar-refractivity contribution in [2.24, 2.45) is 0 Å². The Morgan fingerprint density at radius 2 is 1.90 bits per heavy atom. The van der Waals surface area contributed by atoms with Crippen LogP contribution >= 0.6 is 0 Å². The zero-order valence-corrected chi connectivity index (χ0v) is 12.4. The fraction of sp³-hybridized carbons (Fsp3) is 0.438. The van der Waals surface area contributed by atoms with Gasteiger partial charge in [0, 0.05) is 24.8 Å². The molecule has 108 valence electrons. The van der Waals surface area contributed by atoms with E-state index < -0.39 is 0 Å². The van der Waals surface area contributed by atoms with Gasteiger partial charge in [0.05, 0.1) is 12.0 Å². The molecule has 1 aromatic carbocycles. The van der Waals surface area contributed by atoms with Gasteiger partial charge >= 0.3 is 0 Å². The lowest BCUT2D eigenvalue weighted by molar-refractivity contribution is 0.415. The Hall–Kier alpha value is -1.68. The number of hydrogen-bond acceptors (Lipinski definition) is 2. The van der Waals surface area contributed by atoms with Crippen molar-refractivity contribution in [3.8, 4) is 0 Å². The predicted molar refractivity (Wildman–Crippen MR) is 78.9 cm³/mol. The standard InChI is InChI=1S/C16H22FN3/c1-16(2,3)19-11-15-10-18-12-20(15)9-8-13-4-6-14(17)7-5-13/h4-7,10,12,19H,8-9,11H2,1-3H3. The fourth-order valence-corrected chi connectivity index (χ4v) is 1.95. The van der Waals surface area contributed by atoms with Crippen molar-refractivity contribution in [1.29, 1.82) is 0 Å². The second-order valence-corrected chi connectivity index (χ2v) is 6.06. The van der Waals surface area contributed by atoms with Crippen LogP contribution < -0.4 is 5.32 Å². The molecule has 2 rings (SSSR count). The lowest BCUT2D eigenvalue weighted by Gasteiger charge is -2.21. The van der Waals surface area contributed by atoms with E-state index in [-0.39, 0.29) is 11.4 Å². The topological polar surface area (TPSA) is 29.9 Å². The van der Waals surface area contributed by atoms with Gasteiger partial charge in [0.2, 0.25) is 0 Å². The Bertz CT molecular complexity index is 538. The van der Waals surface area contributed by atoms with Crippen LogP contribution in [-0.2, 0) is 19.5 Å². The van der Waals surface area contributed by atoms with Crippen molar-refractivity contribution in [2.75, 3.05) is 0 Å². The van der Waals surface area contributed by atoms with Gasteiger partial charge < -0.3 is 9.88 Å². The summed E-state index contributed by atoms with van der Waals surface area (Å²) in [6.45, 7) is 8.09. The highest BCUT2D eigenvalue weighted by molar-refractivity contribution is 5.16. The van der Waals surface area contributed by atoms with E-state index in [9.17, 15) is 4.39 Å². The number of imidazole rings is 1. The molecular weight excluding hydrogens is 253 g/mol. The maximum atomic E-state index is 12.9. The summed E-state index contributed by atoms with van der Waals surface area (Å²) in [4.78, 5) is 4.21. The summed E-state index contributed by atoms with van der Waals surface area (Å²) in [6.07, 6.45) is 4.62. The van der Waals surface area contributed by atoms with Gasteiger partial charge in [-0.3, -0.25) is 0 Å². The van der Waals surface area contributed by atoms with Gasteiger partial charge in [0.25, 0.3) is 0 Å². The van der Waals surface area contributed by atoms with E-state index in [2.05, 4.69) is 35.6 Å². The largest absolute Gasteiger partial charge is 0.333 e. The molecule has 0 fully saturated rings. The molecule has 0 spiro atoms. The van der Waals surface area contributed by atoms with Crippen molar-refractivity contribution in [3.05, 3.63) is 53.9 Å². The molecule has 0 saturated carbocycles. The first-order valence-corrected chi connectivity index (χ1v) is 6.92. The third-order valence-electron chi connectivity index (χ3n) is 3.15. The normalized spacial score (nSPS) is 11.8. The molecule has 1 N–H and O–H groups in total. The minimum absolute atomic E-state index is 0.0893. The maximum absolute atomic E-state index is 12.9. The second-order valence-electron chi connectivity index (χ2n) is 6.06. The average Bonchev–Trinajstić information content (AvgIpc) is 2.82. The second kappa shape index (κ2) is 6.18. The highest BCUT2D eigenvalue weighted by atomic mass is 19.1. The van der Waals surface area contributed by atoms with Crippen LogP contribution in [-0.4, -0.2) is 15.1 Å². The van der Waals surface area contributed by atoms with Crippen LogP contribution in [0.1, 0.15) is 32.0 Å². The highest BCUT2D eigenvalue weighted by Crippen LogP contribution is 2.08. The van der Waals surface area contributed by atoms with Gasteiger partial charge in [-0.25, -0.2) is 9.37 Å². The monoisotopic (exact) mass is 275 g/mol. The number of nitrogens with one attached hydrogen (secondary N) is 1. The van der Waals surface area contributed by atoms with Crippen molar-refractivity contribution < 1.29 is 4.39 Å². The summed E-state index contributed by atoms with van der Waals surface area (Å²) >= 11 is 0. The molecule has 1 heterocycles. The van der Waals surface area contributed by atoms with Crippen molar-refractivity contribution >= 4 is 0 Å². The van der Waals surface area contributed by atoms with E-state index >= 15 is 0 Å². The van der Waals surface area contributed by atoms with Crippen molar-refractivity contribution in [3.63, 3.8) is 0 Å². The Balaban J connectivity index is 1.93. The van der Waals surface area contributed by atoms with Crippen LogP contribution in [0, 0.1) is 5.82 Å². The molecule has 0 unspecified atom stereocenters. The number of benzene rings is 1. The van der Waals surface area contributed by atoms with E-state index in [0.29, 0.717) is 0 Å². The third-order valence-corrected chi connectivity index (χ3v) is 3.15. The first-order valence-electron chi connectivity index (χ1n) is 6.92. The van der Waals surface area contributed by atoms with Gasteiger partial charge in [-0.1, -0.05) is 12.1 Å². The van der Waals surface area contributed by atoms with Gasteiger partial charge in [-0.15, -0.1) is 0 Å². The summed E-state index contributed by atoms with van der Waals surface area (Å²) in [6, 6.07) is 6.68.